The normalized spacial score (nSPS) is 22.8. The third-order valence-corrected chi connectivity index (χ3v) is 13.8. The lowest BCUT2D eigenvalue weighted by atomic mass is 10.0. The molecule has 2 aliphatic rings. The molecule has 2 saturated heterocycles. The minimum Gasteiger partial charge on any atom is -0.394 e. The average Bonchev–Trinajstić information content (AvgIpc) is 4.09. The van der Waals surface area contributed by atoms with Crippen LogP contribution in [0, 0.1) is 30.2 Å². The number of anilines is 2. The second kappa shape index (κ2) is 26.7. The van der Waals surface area contributed by atoms with Gasteiger partial charge in [0.2, 0.25) is 30.3 Å². The highest BCUT2D eigenvalue weighted by molar-refractivity contribution is 7.44. The Kier molecular flexibility index (Phi) is 21.5. The Morgan fingerprint density at radius 2 is 1.21 bits per heavy atom. The van der Waals surface area contributed by atoms with Gasteiger partial charge in [-0.1, -0.05) is 41.5 Å². The number of fused-ring (bicyclic) bond motifs is 2. The lowest BCUT2D eigenvalue weighted by Gasteiger charge is -2.36. The molecular formula is C45H71N12O13P. The number of carbonyl (C=O) groups is 2. The van der Waals surface area contributed by atoms with Crippen LogP contribution in [0.2, 0.25) is 0 Å². The number of nitrogens with one attached hydrogen (secondary N) is 4. The fourth-order valence-electron chi connectivity index (χ4n) is 7.87. The number of aliphatic hydroxyl groups excluding tert-OH is 1. The van der Waals surface area contributed by atoms with Crippen molar-refractivity contribution in [1.82, 2.24) is 43.7 Å². The molecule has 26 heteroatoms. The summed E-state index contributed by atoms with van der Waals surface area (Å²) >= 11 is 0. The Bertz CT molecular complexity index is 2500. The summed E-state index contributed by atoms with van der Waals surface area (Å²) in [5, 5.41) is 14.9. The van der Waals surface area contributed by atoms with E-state index in [0.29, 0.717) is 26.4 Å². The zero-order valence-corrected chi connectivity index (χ0v) is 43.5. The van der Waals surface area contributed by atoms with E-state index in [1.54, 1.807) is 51.0 Å². The zero-order valence-electron chi connectivity index (χ0n) is 42.6. The molecule has 0 bridgehead atoms. The number of methoxy groups -OCH3 is 2. The largest absolute Gasteiger partial charge is 0.394 e. The lowest BCUT2D eigenvalue weighted by Crippen LogP contribution is -2.35. The molecule has 0 spiro atoms. The number of H-pyrrole nitrogens is 2. The van der Waals surface area contributed by atoms with Gasteiger partial charge in [-0.05, 0) is 27.7 Å². The van der Waals surface area contributed by atoms with Crippen LogP contribution in [0.1, 0.15) is 81.7 Å². The predicted octanol–water partition coefficient (Wildman–Crippen LogP) is 3.85. The van der Waals surface area contributed by atoms with Gasteiger partial charge in [-0.2, -0.15) is 9.97 Å². The molecule has 394 valence electrons. The Morgan fingerprint density at radius 3 is 1.62 bits per heavy atom. The molecule has 2 amide bonds. The standard InChI is InChI=1S/C27H44N7O7P.C18H27N5O6/c1-16(2)24(35)31-27-30-23-21(25(36)32-27)29-15-33(23)26-22(38-13-12-37-9)19(7)20(41-26)14-40-42(39-11-10-28-8)34(17(3)4)18(5)6;1-9(2)15(25)21-18-20-14-12(16(26)22-18)19-8-23(14)17-13(28-6-5-27-4)10(3)11(7-24)29-17/h15-20,22,26H,10-14H2,1-7,9H3,(H2,30,31,32,35,36);8-11,13,17,24H,5-7H2,1-4H3,(H2,20,21,22,25,26)/t19-,20-,22-,26-,42?;10-,11-,13-,17-/m11/s1. The van der Waals surface area contributed by atoms with Gasteiger partial charge in [0, 0.05) is 50.0 Å². The van der Waals surface area contributed by atoms with Gasteiger partial charge >= 0.3 is 0 Å². The molecule has 4 aromatic rings. The van der Waals surface area contributed by atoms with Crippen LogP contribution in [0.15, 0.2) is 22.2 Å². The summed E-state index contributed by atoms with van der Waals surface area (Å²) in [6.45, 7) is 28.4. The van der Waals surface area contributed by atoms with Crippen molar-refractivity contribution in [3.63, 3.8) is 0 Å². The van der Waals surface area contributed by atoms with E-state index in [9.17, 15) is 24.3 Å². The second-order valence-corrected chi connectivity index (χ2v) is 19.7. The van der Waals surface area contributed by atoms with Crippen LogP contribution in [-0.4, -0.2) is 164 Å². The van der Waals surface area contributed by atoms with Gasteiger partial charge in [-0.15, -0.1) is 0 Å². The highest BCUT2D eigenvalue weighted by atomic mass is 31.2. The number of hydrogen-bond acceptors (Lipinski definition) is 18. The first-order valence-electron chi connectivity index (χ1n) is 23.7. The SMILES string of the molecule is COCCO[C@@H]1[C@H](C)[C@@H](CO)O[C@H]1n1cnc2c(=O)[nH]c(NC(=O)C(C)C)nc21.[C-]#[N+]CCOP(OC[C@H]1O[C@@H](n2cnc3c(=O)[nH]c(NC(=O)C(C)C)nc32)[C@H](OCCOC)[C@@H]1C)N(C(C)C)C(C)C. The van der Waals surface area contributed by atoms with Crippen LogP contribution in [0.25, 0.3) is 27.2 Å². The Labute approximate surface area is 413 Å². The molecule has 71 heavy (non-hydrogen) atoms. The Balaban J connectivity index is 0.000000282. The van der Waals surface area contributed by atoms with Crippen molar-refractivity contribution < 1.29 is 52.2 Å². The molecule has 6 rings (SSSR count). The van der Waals surface area contributed by atoms with E-state index in [-0.39, 0.29) is 108 Å². The third kappa shape index (κ3) is 14.2. The van der Waals surface area contributed by atoms with Crippen LogP contribution in [0.4, 0.5) is 11.9 Å². The molecule has 2 aliphatic heterocycles. The average molecular weight is 1020 g/mol. The first kappa shape index (κ1) is 57.1. The van der Waals surface area contributed by atoms with Gasteiger partial charge in [0.15, 0.2) is 34.8 Å². The van der Waals surface area contributed by atoms with E-state index in [4.69, 9.17) is 44.0 Å². The summed E-state index contributed by atoms with van der Waals surface area (Å²) in [5.41, 5.74) is -0.215. The minimum atomic E-state index is -1.46. The molecule has 0 saturated carbocycles. The zero-order chi connectivity index (χ0) is 52.1. The number of aromatic amines is 2. The van der Waals surface area contributed by atoms with E-state index < -0.39 is 56.5 Å². The summed E-state index contributed by atoms with van der Waals surface area (Å²) in [4.78, 5) is 75.2. The van der Waals surface area contributed by atoms with Crippen LogP contribution >= 0.6 is 8.53 Å². The molecule has 2 fully saturated rings. The van der Waals surface area contributed by atoms with Crippen molar-refractivity contribution in [3.8, 4) is 0 Å². The number of imidazole rings is 2. The number of nitrogens with zero attached hydrogens (tertiary/aromatic N) is 8. The van der Waals surface area contributed by atoms with Crippen LogP contribution in [0.5, 0.6) is 0 Å². The maximum absolute atomic E-state index is 12.8. The smallest absolute Gasteiger partial charge is 0.280 e. The topological polar surface area (TPSA) is 287 Å². The number of amides is 2. The monoisotopic (exact) mass is 1020 g/mol. The number of carbonyl (C=O) groups excluding carboxylic acids is 2. The van der Waals surface area contributed by atoms with Crippen LogP contribution < -0.4 is 21.8 Å². The van der Waals surface area contributed by atoms with Crippen molar-refractivity contribution in [1.29, 1.82) is 0 Å². The van der Waals surface area contributed by atoms with Crippen LogP contribution in [-0.2, 0) is 47.1 Å². The highest BCUT2D eigenvalue weighted by Gasteiger charge is 2.46. The molecule has 9 atom stereocenters. The van der Waals surface area contributed by atoms with E-state index in [1.807, 2.05) is 13.8 Å². The van der Waals surface area contributed by atoms with Gasteiger partial charge in [-0.25, -0.2) is 21.2 Å². The van der Waals surface area contributed by atoms with Crippen molar-refractivity contribution in [2.24, 2.45) is 23.7 Å². The quantitative estimate of drug-likeness (QED) is 0.0378. The second-order valence-electron chi connectivity index (χ2n) is 18.3. The third-order valence-electron chi connectivity index (χ3n) is 11.7. The fourth-order valence-corrected chi connectivity index (χ4v) is 9.47. The van der Waals surface area contributed by atoms with Gasteiger partial charge in [0.05, 0.1) is 64.5 Å². The number of aliphatic hydroxyl groups is 1. The number of rotatable bonds is 24. The molecule has 25 nitrogen and oxygen atoms in total. The molecular weight excluding hydrogens is 948 g/mol. The molecule has 4 aromatic heterocycles. The number of aromatic nitrogens is 8. The van der Waals surface area contributed by atoms with E-state index in [0.717, 1.165) is 0 Å². The van der Waals surface area contributed by atoms with Gasteiger partial charge in [-0.3, -0.25) is 48.9 Å². The summed E-state index contributed by atoms with van der Waals surface area (Å²) in [7, 11) is 1.73. The molecule has 0 aromatic carbocycles. The highest BCUT2D eigenvalue weighted by Crippen LogP contribution is 2.47. The maximum Gasteiger partial charge on any atom is 0.280 e. The van der Waals surface area contributed by atoms with Gasteiger partial charge < -0.3 is 47.4 Å². The van der Waals surface area contributed by atoms with Crippen molar-refractivity contribution in [2.45, 2.75) is 118 Å². The molecule has 0 aliphatic carbocycles. The van der Waals surface area contributed by atoms with Crippen molar-refractivity contribution in [3.05, 3.63) is 44.8 Å². The summed E-state index contributed by atoms with van der Waals surface area (Å²) < 4.78 is 52.8. The first-order chi connectivity index (χ1) is 33.9. The summed E-state index contributed by atoms with van der Waals surface area (Å²) in [6, 6.07) is 0.325. The number of hydrogen-bond donors (Lipinski definition) is 5. The lowest BCUT2D eigenvalue weighted by molar-refractivity contribution is -0.119. The van der Waals surface area contributed by atoms with Crippen molar-refractivity contribution in [2.75, 3.05) is 77.6 Å². The number of ether oxygens (including phenoxy) is 6. The van der Waals surface area contributed by atoms with Gasteiger partial charge in [0.25, 0.3) is 19.6 Å². The molecule has 5 N–H and O–H groups in total. The van der Waals surface area contributed by atoms with E-state index in [1.165, 1.54) is 12.7 Å². The summed E-state index contributed by atoms with van der Waals surface area (Å²) in [5.74, 6) is -1.30. The van der Waals surface area contributed by atoms with E-state index >= 15 is 0 Å². The predicted molar refractivity (Wildman–Crippen MR) is 262 cm³/mol. The minimum absolute atomic E-state index is 0.0281. The maximum atomic E-state index is 12.8. The van der Waals surface area contributed by atoms with Crippen molar-refractivity contribution >= 4 is 54.6 Å². The Hall–Kier alpha value is -4.84. The molecule has 1 unspecified atom stereocenters. The first-order valence-corrected chi connectivity index (χ1v) is 24.9. The van der Waals surface area contributed by atoms with Crippen LogP contribution in [0.3, 0.4) is 0 Å². The fraction of sp³-hybridized carbons (Fsp3) is 0.711. The summed E-state index contributed by atoms with van der Waals surface area (Å²) in [6.07, 6.45) is -0.0645. The Morgan fingerprint density at radius 1 is 0.761 bits per heavy atom. The molecule has 0 radical (unpaired) electrons. The van der Waals surface area contributed by atoms with E-state index in [2.05, 4.69) is 77.7 Å². The van der Waals surface area contributed by atoms with Gasteiger partial charge in [0.1, 0.15) is 18.8 Å². The molecule has 6 heterocycles.